The van der Waals surface area contributed by atoms with Crippen molar-refractivity contribution in [3.05, 3.63) is 28.2 Å². The van der Waals surface area contributed by atoms with Crippen molar-refractivity contribution in [2.45, 2.75) is 39.5 Å². The van der Waals surface area contributed by atoms with Crippen molar-refractivity contribution in [1.82, 2.24) is 5.32 Å². The van der Waals surface area contributed by atoms with E-state index in [4.69, 9.17) is 0 Å². The van der Waals surface area contributed by atoms with Gasteiger partial charge in [0.1, 0.15) is 0 Å². The Kier molecular flexibility index (Phi) is 5.22. The first kappa shape index (κ1) is 15.5. The van der Waals surface area contributed by atoms with Crippen LogP contribution in [-0.4, -0.2) is 19.0 Å². The first-order chi connectivity index (χ1) is 9.57. The third kappa shape index (κ3) is 3.41. The average Bonchev–Trinajstić information content (AvgIpc) is 2.44. The topological polar surface area (TPSA) is 41.1 Å². The molecular weight excluding hydrogens is 316 g/mol. The maximum Gasteiger partial charge on any atom is 0.231 e. The van der Waals surface area contributed by atoms with Gasteiger partial charge in [0.2, 0.25) is 5.91 Å². The van der Waals surface area contributed by atoms with Crippen molar-refractivity contribution < 1.29 is 4.79 Å². The van der Waals surface area contributed by atoms with Crippen molar-refractivity contribution in [2.24, 2.45) is 5.41 Å². The zero-order valence-electron chi connectivity index (χ0n) is 12.3. The highest BCUT2D eigenvalue weighted by molar-refractivity contribution is 9.10. The van der Waals surface area contributed by atoms with E-state index in [0.717, 1.165) is 48.9 Å². The second-order valence-electron chi connectivity index (χ2n) is 5.73. The van der Waals surface area contributed by atoms with Gasteiger partial charge in [-0.2, -0.15) is 0 Å². The number of aryl methyl sites for hydroxylation is 1. The number of hydrogen-bond acceptors (Lipinski definition) is 2. The fraction of sp³-hybridized carbons (Fsp3) is 0.562. The summed E-state index contributed by atoms with van der Waals surface area (Å²) in [6, 6.07) is 5.96. The smallest absolute Gasteiger partial charge is 0.231 e. The number of anilines is 1. The molecule has 1 saturated heterocycles. The first-order valence-electron chi connectivity index (χ1n) is 7.36. The standard InChI is InChI=1S/C16H23BrN2O/c1-3-7-16(8-4-9-18-11-16)15(20)19-13-6-5-12(2)14(17)10-13/h5-6,10,18H,3-4,7-9,11H2,1-2H3,(H,19,20). The van der Waals surface area contributed by atoms with Crippen LogP contribution in [0.4, 0.5) is 5.69 Å². The third-order valence-electron chi connectivity index (χ3n) is 4.11. The zero-order chi connectivity index (χ0) is 14.6. The van der Waals surface area contributed by atoms with Gasteiger partial charge in [-0.1, -0.05) is 35.3 Å². The molecule has 1 aliphatic heterocycles. The minimum Gasteiger partial charge on any atom is -0.326 e. The molecular formula is C16H23BrN2O. The summed E-state index contributed by atoms with van der Waals surface area (Å²) >= 11 is 3.51. The summed E-state index contributed by atoms with van der Waals surface area (Å²) in [5.74, 6) is 0.155. The Hall–Kier alpha value is -0.870. The number of carbonyl (C=O) groups is 1. The van der Waals surface area contributed by atoms with Crippen LogP contribution in [0.3, 0.4) is 0 Å². The highest BCUT2D eigenvalue weighted by Crippen LogP contribution is 2.33. The molecule has 4 heteroatoms. The van der Waals surface area contributed by atoms with Gasteiger partial charge in [0.25, 0.3) is 0 Å². The molecule has 0 spiro atoms. The van der Waals surface area contributed by atoms with Crippen molar-refractivity contribution in [3.8, 4) is 0 Å². The van der Waals surface area contributed by atoms with Gasteiger partial charge in [-0.05, 0) is 50.4 Å². The largest absolute Gasteiger partial charge is 0.326 e. The molecule has 0 radical (unpaired) electrons. The van der Waals surface area contributed by atoms with E-state index in [1.54, 1.807) is 0 Å². The minimum atomic E-state index is -0.246. The molecule has 0 saturated carbocycles. The minimum absolute atomic E-state index is 0.155. The molecule has 2 N–H and O–H groups in total. The maximum atomic E-state index is 12.7. The van der Waals surface area contributed by atoms with Crippen LogP contribution in [0.1, 0.15) is 38.2 Å². The lowest BCUT2D eigenvalue weighted by Gasteiger charge is -2.36. The first-order valence-corrected chi connectivity index (χ1v) is 8.15. The lowest BCUT2D eigenvalue weighted by molar-refractivity contribution is -0.127. The van der Waals surface area contributed by atoms with Crippen LogP contribution in [0.2, 0.25) is 0 Å². The van der Waals surface area contributed by atoms with Gasteiger partial charge >= 0.3 is 0 Å². The lowest BCUT2D eigenvalue weighted by atomic mass is 9.76. The third-order valence-corrected chi connectivity index (χ3v) is 4.97. The van der Waals surface area contributed by atoms with Crippen molar-refractivity contribution >= 4 is 27.5 Å². The van der Waals surface area contributed by atoms with E-state index >= 15 is 0 Å². The van der Waals surface area contributed by atoms with Crippen LogP contribution in [0.25, 0.3) is 0 Å². The van der Waals surface area contributed by atoms with E-state index in [9.17, 15) is 4.79 Å². The lowest BCUT2D eigenvalue weighted by Crippen LogP contribution is -2.48. The molecule has 0 bridgehead atoms. The van der Waals surface area contributed by atoms with Gasteiger partial charge in [-0.3, -0.25) is 4.79 Å². The fourth-order valence-corrected chi connectivity index (χ4v) is 3.28. The molecule has 1 fully saturated rings. The Bertz CT molecular complexity index is 476. The van der Waals surface area contributed by atoms with E-state index in [1.165, 1.54) is 5.56 Å². The molecule has 1 unspecified atom stereocenters. The number of benzene rings is 1. The number of nitrogens with one attached hydrogen (secondary N) is 2. The van der Waals surface area contributed by atoms with Crippen LogP contribution >= 0.6 is 15.9 Å². The van der Waals surface area contributed by atoms with Crippen LogP contribution < -0.4 is 10.6 Å². The molecule has 1 aromatic carbocycles. The second kappa shape index (κ2) is 6.72. The summed E-state index contributed by atoms with van der Waals surface area (Å²) in [7, 11) is 0. The number of piperidine rings is 1. The number of halogens is 1. The Morgan fingerprint density at radius 1 is 1.50 bits per heavy atom. The molecule has 1 amide bonds. The monoisotopic (exact) mass is 338 g/mol. The van der Waals surface area contributed by atoms with Crippen molar-refractivity contribution in [3.63, 3.8) is 0 Å². The molecule has 0 aliphatic carbocycles. The zero-order valence-corrected chi connectivity index (χ0v) is 13.8. The van der Waals surface area contributed by atoms with Gasteiger partial charge in [-0.15, -0.1) is 0 Å². The highest BCUT2D eigenvalue weighted by atomic mass is 79.9. The van der Waals surface area contributed by atoms with Gasteiger partial charge in [0, 0.05) is 16.7 Å². The van der Waals surface area contributed by atoms with E-state index in [1.807, 2.05) is 25.1 Å². The van der Waals surface area contributed by atoms with Crippen LogP contribution in [0.15, 0.2) is 22.7 Å². The van der Waals surface area contributed by atoms with Gasteiger partial charge in [0.05, 0.1) is 5.41 Å². The molecule has 20 heavy (non-hydrogen) atoms. The predicted molar refractivity (Wildman–Crippen MR) is 87.0 cm³/mol. The van der Waals surface area contributed by atoms with Crippen molar-refractivity contribution in [2.75, 3.05) is 18.4 Å². The number of carbonyl (C=O) groups excluding carboxylic acids is 1. The summed E-state index contributed by atoms with van der Waals surface area (Å²) < 4.78 is 1.03. The molecule has 2 rings (SSSR count). The Labute approximate surface area is 129 Å². The maximum absolute atomic E-state index is 12.7. The quantitative estimate of drug-likeness (QED) is 0.874. The normalized spacial score (nSPS) is 22.6. The molecule has 0 aromatic heterocycles. The average molecular weight is 339 g/mol. The SMILES string of the molecule is CCCC1(C(=O)Nc2ccc(C)c(Br)c2)CCCNC1. The van der Waals surface area contributed by atoms with Crippen molar-refractivity contribution in [1.29, 1.82) is 0 Å². The highest BCUT2D eigenvalue weighted by Gasteiger charge is 2.38. The van der Waals surface area contributed by atoms with Gasteiger partial charge in [0.15, 0.2) is 0 Å². The molecule has 110 valence electrons. The van der Waals surface area contributed by atoms with Gasteiger partial charge < -0.3 is 10.6 Å². The fourth-order valence-electron chi connectivity index (χ4n) is 2.90. The summed E-state index contributed by atoms with van der Waals surface area (Å²) in [5.41, 5.74) is 1.80. The van der Waals surface area contributed by atoms with E-state index in [2.05, 4.69) is 33.5 Å². The number of hydrogen-bond donors (Lipinski definition) is 2. The number of amides is 1. The summed E-state index contributed by atoms with van der Waals surface area (Å²) in [6.45, 7) is 6.00. The van der Waals surface area contributed by atoms with E-state index in [0.29, 0.717) is 0 Å². The molecule has 1 aliphatic rings. The summed E-state index contributed by atoms with van der Waals surface area (Å²) in [6.07, 6.45) is 4.03. The molecule has 1 heterocycles. The van der Waals surface area contributed by atoms with Crippen LogP contribution in [0.5, 0.6) is 0 Å². The molecule has 3 nitrogen and oxygen atoms in total. The van der Waals surface area contributed by atoms with Gasteiger partial charge in [-0.25, -0.2) is 0 Å². The Morgan fingerprint density at radius 3 is 2.90 bits per heavy atom. The predicted octanol–water partition coefficient (Wildman–Crippen LogP) is 3.87. The summed E-state index contributed by atoms with van der Waals surface area (Å²) in [5, 5.41) is 6.47. The number of rotatable bonds is 4. The molecule has 1 atom stereocenters. The Morgan fingerprint density at radius 2 is 2.30 bits per heavy atom. The van der Waals surface area contributed by atoms with Crippen LogP contribution in [-0.2, 0) is 4.79 Å². The van der Waals surface area contributed by atoms with E-state index in [-0.39, 0.29) is 11.3 Å². The van der Waals surface area contributed by atoms with Crippen LogP contribution in [0, 0.1) is 12.3 Å². The second-order valence-corrected chi connectivity index (χ2v) is 6.58. The Balaban J connectivity index is 2.13. The molecule has 1 aromatic rings. The van der Waals surface area contributed by atoms with E-state index < -0.39 is 0 Å². The summed E-state index contributed by atoms with van der Waals surface area (Å²) in [4.78, 5) is 12.7.